The number of rotatable bonds is 13. The monoisotopic (exact) mass is 339 g/mol. The molecule has 0 saturated heterocycles. The minimum absolute atomic E-state index is 0.0435. The summed E-state index contributed by atoms with van der Waals surface area (Å²) in [5.41, 5.74) is 0. The lowest BCUT2D eigenvalue weighted by Crippen LogP contribution is -2.40. The van der Waals surface area contributed by atoms with Gasteiger partial charge in [0.2, 0.25) is 5.91 Å². The molecule has 140 valence electrons. The van der Waals surface area contributed by atoms with Crippen LogP contribution in [0.25, 0.3) is 0 Å². The van der Waals surface area contributed by atoms with Gasteiger partial charge in [0.15, 0.2) is 0 Å². The first kappa shape index (κ1) is 21.0. The van der Waals surface area contributed by atoms with Crippen molar-refractivity contribution in [3.8, 4) is 0 Å². The van der Waals surface area contributed by atoms with Crippen LogP contribution in [0.3, 0.4) is 0 Å². The molecule has 2 unspecified atom stereocenters. The van der Waals surface area contributed by atoms with Gasteiger partial charge in [-0.05, 0) is 19.3 Å². The Labute approximate surface area is 147 Å². The maximum atomic E-state index is 12.2. The Balaban J connectivity index is 2.00. The van der Waals surface area contributed by atoms with Crippen LogP contribution >= 0.6 is 0 Å². The van der Waals surface area contributed by atoms with Crippen molar-refractivity contribution in [1.29, 1.82) is 0 Å². The number of carbonyl (C=O) groups excluding carboxylic acids is 1. The van der Waals surface area contributed by atoms with Crippen LogP contribution in [-0.2, 0) is 9.59 Å². The summed E-state index contributed by atoms with van der Waals surface area (Å²) in [5.74, 6) is -1.65. The average Bonchev–Trinajstić information content (AvgIpc) is 2.59. The number of hydrogen-bond acceptors (Lipinski definition) is 2. The van der Waals surface area contributed by atoms with Crippen molar-refractivity contribution in [2.75, 3.05) is 6.54 Å². The molecular formula is C20H37NO3. The molecule has 1 rings (SSSR count). The van der Waals surface area contributed by atoms with E-state index < -0.39 is 11.9 Å². The van der Waals surface area contributed by atoms with Crippen molar-refractivity contribution in [2.24, 2.45) is 11.8 Å². The van der Waals surface area contributed by atoms with E-state index in [1.54, 1.807) is 0 Å². The molecule has 2 atom stereocenters. The number of carbonyl (C=O) groups is 2. The Morgan fingerprint density at radius 2 is 1.33 bits per heavy atom. The lowest BCUT2D eigenvalue weighted by Gasteiger charge is -2.27. The summed E-state index contributed by atoms with van der Waals surface area (Å²) in [6.07, 6.45) is 16.1. The van der Waals surface area contributed by atoms with Crippen LogP contribution in [0.5, 0.6) is 0 Å². The minimum atomic E-state index is -0.811. The Bertz CT molecular complexity index is 357. The summed E-state index contributed by atoms with van der Waals surface area (Å²) in [6, 6.07) is 0. The van der Waals surface area contributed by atoms with E-state index in [4.69, 9.17) is 0 Å². The lowest BCUT2D eigenvalue weighted by atomic mass is 9.78. The van der Waals surface area contributed by atoms with Gasteiger partial charge in [0.1, 0.15) is 0 Å². The zero-order chi connectivity index (χ0) is 17.6. The van der Waals surface area contributed by atoms with Gasteiger partial charge < -0.3 is 10.4 Å². The van der Waals surface area contributed by atoms with Gasteiger partial charge in [-0.25, -0.2) is 0 Å². The zero-order valence-corrected chi connectivity index (χ0v) is 15.5. The number of nitrogens with one attached hydrogen (secondary N) is 1. The van der Waals surface area contributed by atoms with Crippen molar-refractivity contribution >= 4 is 11.9 Å². The first-order valence-electron chi connectivity index (χ1n) is 10.2. The number of carboxylic acids is 1. The van der Waals surface area contributed by atoms with Crippen LogP contribution < -0.4 is 5.32 Å². The zero-order valence-electron chi connectivity index (χ0n) is 15.5. The predicted molar refractivity (Wildman–Crippen MR) is 97.9 cm³/mol. The Hall–Kier alpha value is -1.06. The topological polar surface area (TPSA) is 66.4 Å². The van der Waals surface area contributed by atoms with Crippen molar-refractivity contribution in [3.05, 3.63) is 0 Å². The van der Waals surface area contributed by atoms with E-state index >= 15 is 0 Å². The quantitative estimate of drug-likeness (QED) is 0.468. The van der Waals surface area contributed by atoms with Crippen LogP contribution in [0.1, 0.15) is 96.8 Å². The minimum Gasteiger partial charge on any atom is -0.481 e. The molecule has 0 aliphatic heterocycles. The van der Waals surface area contributed by atoms with Crippen LogP contribution in [-0.4, -0.2) is 23.5 Å². The molecule has 0 aromatic carbocycles. The van der Waals surface area contributed by atoms with Crippen molar-refractivity contribution < 1.29 is 14.7 Å². The molecule has 1 aliphatic carbocycles. The van der Waals surface area contributed by atoms with Crippen molar-refractivity contribution in [1.82, 2.24) is 5.32 Å². The van der Waals surface area contributed by atoms with Crippen molar-refractivity contribution in [2.45, 2.75) is 96.8 Å². The Morgan fingerprint density at radius 1 is 0.833 bits per heavy atom. The SMILES string of the molecule is CCCCCCCCCCCCNC(=O)C1CCCCC1C(=O)O. The maximum Gasteiger partial charge on any atom is 0.307 e. The van der Waals surface area contributed by atoms with Gasteiger partial charge in [0.05, 0.1) is 11.8 Å². The molecule has 0 heterocycles. The molecule has 2 N–H and O–H groups in total. The second-order valence-electron chi connectivity index (χ2n) is 7.31. The highest BCUT2D eigenvalue weighted by Crippen LogP contribution is 2.30. The fourth-order valence-corrected chi connectivity index (χ4v) is 3.70. The molecule has 0 bridgehead atoms. The van der Waals surface area contributed by atoms with Gasteiger partial charge in [-0.2, -0.15) is 0 Å². The molecule has 4 heteroatoms. The highest BCUT2D eigenvalue weighted by molar-refractivity contribution is 5.84. The first-order valence-corrected chi connectivity index (χ1v) is 10.2. The Morgan fingerprint density at radius 3 is 1.88 bits per heavy atom. The van der Waals surface area contributed by atoms with E-state index in [1.807, 2.05) is 0 Å². The van der Waals surface area contributed by atoms with Gasteiger partial charge in [-0.1, -0.05) is 77.6 Å². The second-order valence-corrected chi connectivity index (χ2v) is 7.31. The number of hydrogen-bond donors (Lipinski definition) is 2. The smallest absolute Gasteiger partial charge is 0.307 e. The van der Waals surface area contributed by atoms with Gasteiger partial charge in [-0.3, -0.25) is 9.59 Å². The molecule has 0 spiro atoms. The molecular weight excluding hydrogens is 302 g/mol. The standard InChI is InChI=1S/C20H37NO3/c1-2-3-4-5-6-7-8-9-10-13-16-21-19(22)17-14-11-12-15-18(17)20(23)24/h17-18H,2-16H2,1H3,(H,21,22)(H,23,24). The van der Waals surface area contributed by atoms with Gasteiger partial charge in [0, 0.05) is 6.54 Å². The molecule has 0 aromatic heterocycles. The van der Waals surface area contributed by atoms with E-state index in [2.05, 4.69) is 12.2 Å². The van der Waals surface area contributed by atoms with Crippen molar-refractivity contribution in [3.63, 3.8) is 0 Å². The molecule has 24 heavy (non-hydrogen) atoms. The van der Waals surface area contributed by atoms with Crippen LogP contribution in [0, 0.1) is 11.8 Å². The summed E-state index contributed by atoms with van der Waals surface area (Å²) >= 11 is 0. The summed E-state index contributed by atoms with van der Waals surface area (Å²) in [6.45, 7) is 2.94. The fourth-order valence-electron chi connectivity index (χ4n) is 3.70. The first-order chi connectivity index (χ1) is 11.7. The van der Waals surface area contributed by atoms with Crippen LogP contribution in [0.4, 0.5) is 0 Å². The summed E-state index contributed by atoms with van der Waals surface area (Å²) in [7, 11) is 0. The van der Waals surface area contributed by atoms with E-state index in [1.165, 1.54) is 51.4 Å². The maximum absolute atomic E-state index is 12.2. The second kappa shape index (κ2) is 13.3. The third-order valence-electron chi connectivity index (χ3n) is 5.25. The molecule has 0 aromatic rings. The van der Waals surface area contributed by atoms with Crippen LogP contribution in [0.2, 0.25) is 0 Å². The number of carboxylic acid groups (broad SMARTS) is 1. The van der Waals surface area contributed by atoms with E-state index in [0.717, 1.165) is 32.1 Å². The molecule has 1 fully saturated rings. The highest BCUT2D eigenvalue weighted by atomic mass is 16.4. The van der Waals surface area contributed by atoms with Gasteiger partial charge >= 0.3 is 5.97 Å². The van der Waals surface area contributed by atoms with E-state index in [-0.39, 0.29) is 11.8 Å². The van der Waals surface area contributed by atoms with Crippen LogP contribution in [0.15, 0.2) is 0 Å². The molecule has 1 saturated carbocycles. The number of amides is 1. The third kappa shape index (κ3) is 8.70. The summed E-state index contributed by atoms with van der Waals surface area (Å²) in [4.78, 5) is 23.4. The average molecular weight is 340 g/mol. The largest absolute Gasteiger partial charge is 0.481 e. The third-order valence-corrected chi connectivity index (χ3v) is 5.25. The normalized spacial score (nSPS) is 20.7. The number of aliphatic carboxylic acids is 1. The van der Waals surface area contributed by atoms with Gasteiger partial charge in [0.25, 0.3) is 0 Å². The molecule has 4 nitrogen and oxygen atoms in total. The molecule has 0 radical (unpaired) electrons. The fraction of sp³-hybridized carbons (Fsp3) is 0.900. The molecule has 1 aliphatic rings. The number of unbranched alkanes of at least 4 members (excludes halogenated alkanes) is 9. The molecule has 1 amide bonds. The van der Waals surface area contributed by atoms with Gasteiger partial charge in [-0.15, -0.1) is 0 Å². The summed E-state index contributed by atoms with van der Waals surface area (Å²) < 4.78 is 0. The van der Waals surface area contributed by atoms with E-state index in [9.17, 15) is 14.7 Å². The summed E-state index contributed by atoms with van der Waals surface area (Å²) in [5, 5.41) is 12.2. The highest BCUT2D eigenvalue weighted by Gasteiger charge is 2.35. The predicted octanol–water partition coefficient (Wildman–Crippen LogP) is 4.91. The Kier molecular flexibility index (Phi) is 11.6. The lowest BCUT2D eigenvalue weighted by molar-refractivity contribution is -0.148. The van der Waals surface area contributed by atoms with E-state index in [0.29, 0.717) is 13.0 Å².